The summed E-state index contributed by atoms with van der Waals surface area (Å²) in [4.78, 5) is 18.1. The Morgan fingerprint density at radius 3 is 3.20 bits per heavy atom. The smallest absolute Gasteiger partial charge is 0.242 e. The van der Waals surface area contributed by atoms with Crippen molar-refractivity contribution >= 4 is 27.7 Å². The fraction of sp³-hybridized carbons (Fsp3) is 0.400. The van der Waals surface area contributed by atoms with E-state index < -0.39 is 0 Å². The molecule has 1 N–H and O–H groups in total. The summed E-state index contributed by atoms with van der Waals surface area (Å²) in [6, 6.07) is 2.07. The van der Waals surface area contributed by atoms with Gasteiger partial charge < -0.3 is 5.32 Å². The Kier molecular flexibility index (Phi) is 2.03. The van der Waals surface area contributed by atoms with Gasteiger partial charge in [-0.25, -0.2) is 4.98 Å². The molecule has 2 aliphatic rings. The number of nitrogens with zero attached hydrogens (tertiary/aromatic N) is 2. The third-order valence-electron chi connectivity index (χ3n) is 2.98. The molecule has 1 aromatic heterocycles. The molecular formula is C10H10BrN3O. The zero-order valence-electron chi connectivity index (χ0n) is 8.03. The van der Waals surface area contributed by atoms with Crippen LogP contribution in [0.5, 0.6) is 0 Å². The van der Waals surface area contributed by atoms with Gasteiger partial charge in [0.25, 0.3) is 0 Å². The summed E-state index contributed by atoms with van der Waals surface area (Å²) in [6.45, 7) is 1.81. The Morgan fingerprint density at radius 2 is 2.47 bits per heavy atom. The Morgan fingerprint density at radius 1 is 1.60 bits per heavy atom. The minimum atomic E-state index is 0.0537. The van der Waals surface area contributed by atoms with Gasteiger partial charge in [-0.1, -0.05) is 0 Å². The van der Waals surface area contributed by atoms with Crippen molar-refractivity contribution in [3.8, 4) is 0 Å². The van der Waals surface area contributed by atoms with Crippen LogP contribution in [0.3, 0.4) is 0 Å². The number of aromatic nitrogens is 1. The average Bonchev–Trinajstić information content (AvgIpc) is 2.23. The molecular weight excluding hydrogens is 258 g/mol. The highest BCUT2D eigenvalue weighted by molar-refractivity contribution is 9.10. The minimum absolute atomic E-state index is 0.0537. The molecule has 3 heterocycles. The maximum atomic E-state index is 11.7. The van der Waals surface area contributed by atoms with Crippen molar-refractivity contribution in [1.29, 1.82) is 0 Å². The zero-order chi connectivity index (χ0) is 10.4. The van der Waals surface area contributed by atoms with Gasteiger partial charge in [-0.05, 0) is 28.4 Å². The lowest BCUT2D eigenvalue weighted by atomic mass is 10.0. The fourth-order valence-corrected chi connectivity index (χ4v) is 2.44. The van der Waals surface area contributed by atoms with Crippen LogP contribution in [0.15, 0.2) is 16.7 Å². The molecule has 78 valence electrons. The normalized spacial score (nSPS) is 24.6. The van der Waals surface area contributed by atoms with Gasteiger partial charge in [-0.2, -0.15) is 0 Å². The van der Waals surface area contributed by atoms with Gasteiger partial charge in [0.05, 0.1) is 6.04 Å². The molecule has 0 bridgehead atoms. The molecule has 1 atom stereocenters. The first kappa shape index (κ1) is 9.30. The second-order valence-corrected chi connectivity index (χ2v) is 4.84. The van der Waals surface area contributed by atoms with Gasteiger partial charge >= 0.3 is 0 Å². The van der Waals surface area contributed by atoms with Gasteiger partial charge in [0.2, 0.25) is 5.91 Å². The van der Waals surface area contributed by atoms with E-state index in [0.29, 0.717) is 5.82 Å². The van der Waals surface area contributed by atoms with Gasteiger partial charge in [0.1, 0.15) is 5.82 Å². The molecule has 0 saturated carbocycles. The first-order chi connectivity index (χ1) is 7.24. The van der Waals surface area contributed by atoms with Crippen LogP contribution in [-0.4, -0.2) is 28.4 Å². The number of fused-ring (bicyclic) bond motifs is 2. The van der Waals surface area contributed by atoms with Crippen molar-refractivity contribution in [2.45, 2.75) is 19.0 Å². The van der Waals surface area contributed by atoms with Crippen LogP contribution in [0.4, 0.5) is 5.82 Å². The fourth-order valence-electron chi connectivity index (χ4n) is 2.06. The van der Waals surface area contributed by atoms with E-state index in [1.807, 2.05) is 6.07 Å². The monoisotopic (exact) mass is 267 g/mol. The lowest BCUT2D eigenvalue weighted by Gasteiger charge is -2.37. The molecule has 1 amide bonds. The highest BCUT2D eigenvalue weighted by Gasteiger charge is 2.37. The SMILES string of the molecule is O=C1Nc2ncc(Br)cc2CN2CCC12. The summed E-state index contributed by atoms with van der Waals surface area (Å²) in [7, 11) is 0. The van der Waals surface area contributed by atoms with Gasteiger partial charge in [-0.15, -0.1) is 0 Å². The molecule has 1 saturated heterocycles. The number of pyridine rings is 1. The van der Waals surface area contributed by atoms with Crippen LogP contribution in [0, 0.1) is 0 Å². The Labute approximate surface area is 95.8 Å². The Bertz CT molecular complexity index is 435. The van der Waals surface area contributed by atoms with Crippen molar-refractivity contribution < 1.29 is 4.79 Å². The molecule has 4 nitrogen and oxygen atoms in total. The van der Waals surface area contributed by atoms with Crippen LogP contribution in [0.25, 0.3) is 0 Å². The molecule has 3 rings (SSSR count). The van der Waals surface area contributed by atoms with E-state index in [9.17, 15) is 4.79 Å². The van der Waals surface area contributed by atoms with E-state index in [1.165, 1.54) is 0 Å². The third-order valence-corrected chi connectivity index (χ3v) is 3.42. The van der Waals surface area contributed by atoms with E-state index in [-0.39, 0.29) is 11.9 Å². The van der Waals surface area contributed by atoms with E-state index >= 15 is 0 Å². The predicted molar refractivity (Wildman–Crippen MR) is 59.4 cm³/mol. The number of hydrogen-bond acceptors (Lipinski definition) is 3. The summed E-state index contributed by atoms with van der Waals surface area (Å²) < 4.78 is 0.953. The molecule has 1 aromatic rings. The quantitative estimate of drug-likeness (QED) is 0.773. The number of hydrogen-bond donors (Lipinski definition) is 1. The highest BCUT2D eigenvalue weighted by Crippen LogP contribution is 2.29. The minimum Gasteiger partial charge on any atom is -0.309 e. The molecule has 2 aliphatic heterocycles. The van der Waals surface area contributed by atoms with E-state index in [4.69, 9.17) is 0 Å². The standard InChI is InChI=1S/C10H10BrN3O/c11-7-3-6-5-14-2-1-8(14)10(15)13-9(6)12-4-7/h3-4,8H,1-2,5H2,(H,12,13,15). The number of nitrogens with one attached hydrogen (secondary N) is 1. The second kappa shape index (κ2) is 3.28. The predicted octanol–water partition coefficient (Wildman–Crippen LogP) is 1.37. The number of amides is 1. The highest BCUT2D eigenvalue weighted by atomic mass is 79.9. The van der Waals surface area contributed by atoms with Crippen LogP contribution < -0.4 is 5.32 Å². The summed E-state index contributed by atoms with van der Waals surface area (Å²) in [6.07, 6.45) is 2.67. The van der Waals surface area contributed by atoms with Crippen molar-refractivity contribution in [1.82, 2.24) is 9.88 Å². The molecule has 1 unspecified atom stereocenters. The first-order valence-electron chi connectivity index (χ1n) is 4.93. The van der Waals surface area contributed by atoms with E-state index in [1.54, 1.807) is 6.20 Å². The van der Waals surface area contributed by atoms with Crippen LogP contribution in [-0.2, 0) is 11.3 Å². The van der Waals surface area contributed by atoms with Crippen molar-refractivity contribution in [2.75, 3.05) is 11.9 Å². The van der Waals surface area contributed by atoms with Crippen molar-refractivity contribution in [2.24, 2.45) is 0 Å². The molecule has 0 aromatic carbocycles. The van der Waals surface area contributed by atoms with Crippen LogP contribution >= 0.6 is 15.9 Å². The Hall–Kier alpha value is -0.940. The van der Waals surface area contributed by atoms with Crippen molar-refractivity contribution in [3.63, 3.8) is 0 Å². The van der Waals surface area contributed by atoms with Crippen LogP contribution in [0.1, 0.15) is 12.0 Å². The average molecular weight is 268 g/mol. The zero-order valence-corrected chi connectivity index (χ0v) is 9.62. The Balaban J connectivity index is 2.02. The summed E-state index contributed by atoms with van der Waals surface area (Å²) in [5.41, 5.74) is 1.08. The molecule has 1 fully saturated rings. The lowest BCUT2D eigenvalue weighted by Crippen LogP contribution is -2.52. The maximum Gasteiger partial charge on any atom is 0.242 e. The van der Waals surface area contributed by atoms with Gasteiger partial charge in [-0.3, -0.25) is 9.69 Å². The molecule has 5 heteroatoms. The molecule has 15 heavy (non-hydrogen) atoms. The van der Waals surface area contributed by atoms with Gasteiger partial charge in [0.15, 0.2) is 0 Å². The number of rotatable bonds is 0. The topological polar surface area (TPSA) is 45.2 Å². The molecule has 0 aliphatic carbocycles. The number of anilines is 1. The van der Waals surface area contributed by atoms with E-state index in [2.05, 4.69) is 31.1 Å². The number of carbonyl (C=O) groups is 1. The largest absolute Gasteiger partial charge is 0.309 e. The lowest BCUT2D eigenvalue weighted by molar-refractivity contribution is -0.125. The van der Waals surface area contributed by atoms with Crippen LogP contribution in [0.2, 0.25) is 0 Å². The summed E-state index contributed by atoms with van der Waals surface area (Å²) in [5.74, 6) is 0.785. The molecule has 0 spiro atoms. The summed E-state index contributed by atoms with van der Waals surface area (Å²) in [5, 5.41) is 2.87. The van der Waals surface area contributed by atoms with E-state index in [0.717, 1.165) is 29.5 Å². The number of halogens is 1. The third kappa shape index (κ3) is 1.46. The maximum absolute atomic E-state index is 11.7. The molecule has 0 radical (unpaired) electrons. The van der Waals surface area contributed by atoms with Gasteiger partial charge in [0, 0.05) is 29.3 Å². The van der Waals surface area contributed by atoms with Crippen molar-refractivity contribution in [3.05, 3.63) is 22.3 Å². The second-order valence-electron chi connectivity index (χ2n) is 3.93. The number of carbonyl (C=O) groups excluding carboxylic acids is 1. The summed E-state index contributed by atoms with van der Waals surface area (Å²) >= 11 is 3.39. The first-order valence-corrected chi connectivity index (χ1v) is 5.73.